The standard InChI is InChI=1S/C19H39NO2/c1-4-7-8-9-10-11-12-13-14-15-17-20(5-2,6-3)18-16-19(21)22/h4-18H2,1-3H3/p+1. The Balaban J connectivity index is 3.66. The summed E-state index contributed by atoms with van der Waals surface area (Å²) >= 11 is 0. The molecule has 0 unspecified atom stereocenters. The normalized spacial score (nSPS) is 11.8. The zero-order valence-electron chi connectivity index (χ0n) is 15.4. The molecule has 0 heterocycles. The molecule has 0 aliphatic carbocycles. The quantitative estimate of drug-likeness (QED) is 0.312. The number of quaternary nitrogens is 1. The van der Waals surface area contributed by atoms with E-state index in [9.17, 15) is 4.79 Å². The monoisotopic (exact) mass is 314 g/mol. The van der Waals surface area contributed by atoms with Crippen molar-refractivity contribution in [3.05, 3.63) is 0 Å². The van der Waals surface area contributed by atoms with Crippen molar-refractivity contribution in [1.29, 1.82) is 0 Å². The predicted octanol–water partition coefficient (Wildman–Crippen LogP) is 5.24. The number of hydrogen-bond acceptors (Lipinski definition) is 1. The van der Waals surface area contributed by atoms with Crippen molar-refractivity contribution in [2.75, 3.05) is 26.2 Å². The van der Waals surface area contributed by atoms with E-state index in [0.29, 0.717) is 6.42 Å². The number of carbonyl (C=O) groups is 1. The van der Waals surface area contributed by atoms with E-state index in [0.717, 1.165) is 30.7 Å². The van der Waals surface area contributed by atoms with Gasteiger partial charge in [0.1, 0.15) is 0 Å². The first kappa shape index (κ1) is 21.4. The first-order valence-electron chi connectivity index (χ1n) is 9.67. The summed E-state index contributed by atoms with van der Waals surface area (Å²) in [5, 5.41) is 8.90. The summed E-state index contributed by atoms with van der Waals surface area (Å²) in [7, 11) is 0. The van der Waals surface area contributed by atoms with Crippen LogP contribution in [0.1, 0.15) is 91.4 Å². The summed E-state index contributed by atoms with van der Waals surface area (Å²) in [5.74, 6) is -0.660. The number of carboxylic acid groups (broad SMARTS) is 1. The van der Waals surface area contributed by atoms with Crippen molar-refractivity contribution < 1.29 is 14.4 Å². The van der Waals surface area contributed by atoms with Crippen LogP contribution in [0.5, 0.6) is 0 Å². The van der Waals surface area contributed by atoms with Crippen molar-refractivity contribution in [2.45, 2.75) is 91.4 Å². The van der Waals surface area contributed by atoms with Gasteiger partial charge in [0.25, 0.3) is 0 Å². The van der Waals surface area contributed by atoms with Crippen LogP contribution in [0.25, 0.3) is 0 Å². The fourth-order valence-electron chi connectivity index (χ4n) is 3.24. The molecule has 0 saturated heterocycles. The molecule has 0 rings (SSSR count). The van der Waals surface area contributed by atoms with Crippen molar-refractivity contribution in [2.24, 2.45) is 0 Å². The van der Waals surface area contributed by atoms with E-state index in [2.05, 4.69) is 20.8 Å². The number of nitrogens with zero attached hydrogens (tertiary/aromatic N) is 1. The lowest BCUT2D eigenvalue weighted by molar-refractivity contribution is -0.924. The van der Waals surface area contributed by atoms with Crippen LogP contribution < -0.4 is 0 Å². The fourth-order valence-corrected chi connectivity index (χ4v) is 3.24. The van der Waals surface area contributed by atoms with Gasteiger partial charge in [-0.05, 0) is 26.7 Å². The molecule has 3 heteroatoms. The Morgan fingerprint density at radius 1 is 0.727 bits per heavy atom. The zero-order valence-corrected chi connectivity index (χ0v) is 15.4. The van der Waals surface area contributed by atoms with Gasteiger partial charge in [-0.15, -0.1) is 0 Å². The van der Waals surface area contributed by atoms with Crippen molar-refractivity contribution >= 4 is 5.97 Å². The number of aliphatic carboxylic acids is 1. The summed E-state index contributed by atoms with van der Waals surface area (Å²) in [5.41, 5.74) is 0. The third kappa shape index (κ3) is 11.1. The molecule has 0 bridgehead atoms. The molecule has 0 saturated carbocycles. The molecule has 22 heavy (non-hydrogen) atoms. The molecule has 0 fully saturated rings. The van der Waals surface area contributed by atoms with E-state index in [4.69, 9.17) is 5.11 Å². The highest BCUT2D eigenvalue weighted by Gasteiger charge is 2.23. The molecule has 0 aromatic heterocycles. The van der Waals surface area contributed by atoms with E-state index in [-0.39, 0.29) is 0 Å². The number of unbranched alkanes of at least 4 members (excludes halogenated alkanes) is 9. The second-order valence-electron chi connectivity index (χ2n) is 6.75. The van der Waals surface area contributed by atoms with Crippen LogP contribution in [-0.4, -0.2) is 41.7 Å². The maximum atomic E-state index is 10.8. The van der Waals surface area contributed by atoms with Gasteiger partial charge in [-0.2, -0.15) is 0 Å². The second-order valence-corrected chi connectivity index (χ2v) is 6.75. The average molecular weight is 315 g/mol. The molecule has 0 aliphatic heterocycles. The van der Waals surface area contributed by atoms with E-state index < -0.39 is 5.97 Å². The highest BCUT2D eigenvalue weighted by Crippen LogP contribution is 2.14. The molecular formula is C19H40NO2+. The number of carboxylic acids is 1. The van der Waals surface area contributed by atoms with Gasteiger partial charge in [0.05, 0.1) is 32.6 Å². The van der Waals surface area contributed by atoms with Gasteiger partial charge in [-0.3, -0.25) is 4.79 Å². The number of rotatable bonds is 16. The van der Waals surface area contributed by atoms with Crippen LogP contribution in [0.2, 0.25) is 0 Å². The topological polar surface area (TPSA) is 37.3 Å². The third-order valence-electron chi connectivity index (χ3n) is 5.13. The molecule has 0 amide bonds. The zero-order chi connectivity index (χ0) is 16.7. The van der Waals surface area contributed by atoms with Crippen molar-refractivity contribution in [3.8, 4) is 0 Å². The van der Waals surface area contributed by atoms with Crippen LogP contribution in [0.15, 0.2) is 0 Å². The molecule has 1 N–H and O–H groups in total. The van der Waals surface area contributed by atoms with Crippen LogP contribution in [-0.2, 0) is 4.79 Å². The van der Waals surface area contributed by atoms with E-state index >= 15 is 0 Å². The third-order valence-corrected chi connectivity index (χ3v) is 5.13. The summed E-state index contributed by atoms with van der Waals surface area (Å²) in [4.78, 5) is 10.8. The Labute approximate surface area is 138 Å². The minimum absolute atomic E-state index is 0.305. The van der Waals surface area contributed by atoms with Gasteiger partial charge < -0.3 is 9.59 Å². The first-order valence-corrected chi connectivity index (χ1v) is 9.67. The summed E-state index contributed by atoms with van der Waals surface area (Å²) in [6.07, 6.45) is 13.9. The smallest absolute Gasteiger partial charge is 0.309 e. The molecule has 0 radical (unpaired) electrons. The van der Waals surface area contributed by atoms with Crippen LogP contribution >= 0.6 is 0 Å². The van der Waals surface area contributed by atoms with E-state index in [1.165, 1.54) is 64.2 Å². The molecule has 0 atom stereocenters. The summed E-state index contributed by atoms with van der Waals surface area (Å²) in [6, 6.07) is 0. The molecular weight excluding hydrogens is 274 g/mol. The van der Waals surface area contributed by atoms with Gasteiger partial charge in [-0.25, -0.2) is 0 Å². The summed E-state index contributed by atoms with van der Waals surface area (Å²) in [6.45, 7) is 10.7. The second kappa shape index (κ2) is 14.0. The maximum absolute atomic E-state index is 10.8. The SMILES string of the molecule is CCCCCCCCCCCC[N+](CC)(CC)CCC(=O)O. The molecule has 3 nitrogen and oxygen atoms in total. The largest absolute Gasteiger partial charge is 0.481 e. The number of hydrogen-bond donors (Lipinski definition) is 1. The first-order chi connectivity index (χ1) is 10.6. The van der Waals surface area contributed by atoms with Crippen LogP contribution in [0.4, 0.5) is 0 Å². The van der Waals surface area contributed by atoms with Gasteiger partial charge >= 0.3 is 5.97 Å². The van der Waals surface area contributed by atoms with Gasteiger partial charge in [0, 0.05) is 0 Å². The summed E-state index contributed by atoms with van der Waals surface area (Å²) < 4.78 is 0.976. The molecule has 0 aromatic carbocycles. The molecule has 0 aromatic rings. The Hall–Kier alpha value is -0.570. The van der Waals surface area contributed by atoms with Crippen LogP contribution in [0, 0.1) is 0 Å². The average Bonchev–Trinajstić information content (AvgIpc) is 2.52. The van der Waals surface area contributed by atoms with E-state index in [1.54, 1.807) is 0 Å². The predicted molar refractivity (Wildman–Crippen MR) is 95.2 cm³/mol. The molecule has 0 spiro atoms. The minimum atomic E-state index is -0.660. The maximum Gasteiger partial charge on any atom is 0.309 e. The van der Waals surface area contributed by atoms with Crippen LogP contribution in [0.3, 0.4) is 0 Å². The Morgan fingerprint density at radius 2 is 1.18 bits per heavy atom. The Morgan fingerprint density at radius 3 is 1.59 bits per heavy atom. The lowest BCUT2D eigenvalue weighted by atomic mass is 10.1. The molecule has 0 aliphatic rings. The van der Waals surface area contributed by atoms with Gasteiger partial charge in [-0.1, -0.05) is 58.3 Å². The fraction of sp³-hybridized carbons (Fsp3) is 0.947. The van der Waals surface area contributed by atoms with Crippen molar-refractivity contribution in [3.63, 3.8) is 0 Å². The molecule has 132 valence electrons. The van der Waals surface area contributed by atoms with Gasteiger partial charge in [0.15, 0.2) is 0 Å². The highest BCUT2D eigenvalue weighted by atomic mass is 16.4. The minimum Gasteiger partial charge on any atom is -0.481 e. The van der Waals surface area contributed by atoms with E-state index in [1.807, 2.05) is 0 Å². The Bertz CT molecular complexity index is 262. The lowest BCUT2D eigenvalue weighted by Gasteiger charge is -2.36. The highest BCUT2D eigenvalue weighted by molar-refractivity contribution is 5.66. The van der Waals surface area contributed by atoms with Gasteiger partial charge in [0.2, 0.25) is 0 Å². The lowest BCUT2D eigenvalue weighted by Crippen LogP contribution is -2.49. The van der Waals surface area contributed by atoms with Crippen molar-refractivity contribution in [1.82, 2.24) is 0 Å². The Kier molecular flexibility index (Phi) is 13.7.